The highest BCUT2D eigenvalue weighted by molar-refractivity contribution is 6.09. The molecule has 1 aromatic heterocycles. The van der Waals surface area contributed by atoms with Crippen LogP contribution in [0.5, 0.6) is 0 Å². The van der Waals surface area contributed by atoms with Gasteiger partial charge in [-0.05, 0) is 26.0 Å². The molecule has 4 heteroatoms. The number of hydrogen-bond donors (Lipinski definition) is 0. The SMILES string of the molecule is CCN(C(=O)c1cnoc1-c1ccc(C)cc1)c1ccccc1. The first-order valence-electron chi connectivity index (χ1n) is 7.59. The van der Waals surface area contributed by atoms with E-state index in [1.165, 1.54) is 6.20 Å². The van der Waals surface area contributed by atoms with E-state index in [9.17, 15) is 4.79 Å². The van der Waals surface area contributed by atoms with Crippen LogP contribution in [0, 0.1) is 6.92 Å². The van der Waals surface area contributed by atoms with Crippen LogP contribution in [0.25, 0.3) is 11.3 Å². The maximum absolute atomic E-state index is 12.9. The molecule has 23 heavy (non-hydrogen) atoms. The number of carbonyl (C=O) groups excluding carboxylic acids is 1. The minimum absolute atomic E-state index is 0.115. The van der Waals surface area contributed by atoms with Crippen molar-refractivity contribution in [3.05, 3.63) is 71.9 Å². The standard InChI is InChI=1S/C19H18N2O2/c1-3-21(16-7-5-4-6-8-16)19(22)17-13-20-23-18(17)15-11-9-14(2)10-12-15/h4-13H,3H2,1-2H3. The summed E-state index contributed by atoms with van der Waals surface area (Å²) in [6.45, 7) is 4.54. The van der Waals surface area contributed by atoms with Crippen molar-refractivity contribution in [1.82, 2.24) is 5.16 Å². The zero-order valence-corrected chi connectivity index (χ0v) is 13.2. The van der Waals surface area contributed by atoms with Crippen molar-refractivity contribution >= 4 is 11.6 Å². The predicted molar refractivity (Wildman–Crippen MR) is 90.5 cm³/mol. The molecule has 1 heterocycles. The Bertz CT molecular complexity index is 792. The van der Waals surface area contributed by atoms with E-state index in [-0.39, 0.29) is 5.91 Å². The minimum Gasteiger partial charge on any atom is -0.355 e. The first kappa shape index (κ1) is 15.0. The van der Waals surface area contributed by atoms with Gasteiger partial charge >= 0.3 is 0 Å². The molecule has 0 unspecified atom stereocenters. The summed E-state index contributed by atoms with van der Waals surface area (Å²) in [6.07, 6.45) is 1.49. The summed E-state index contributed by atoms with van der Waals surface area (Å²) >= 11 is 0. The summed E-state index contributed by atoms with van der Waals surface area (Å²) in [5.74, 6) is 0.389. The monoisotopic (exact) mass is 306 g/mol. The molecular weight excluding hydrogens is 288 g/mol. The summed E-state index contributed by atoms with van der Waals surface area (Å²) < 4.78 is 5.34. The topological polar surface area (TPSA) is 46.3 Å². The predicted octanol–water partition coefficient (Wildman–Crippen LogP) is 4.32. The minimum atomic E-state index is -0.115. The van der Waals surface area contributed by atoms with Gasteiger partial charge in [0.2, 0.25) is 0 Å². The lowest BCUT2D eigenvalue weighted by Gasteiger charge is -2.20. The van der Waals surface area contributed by atoms with E-state index in [0.29, 0.717) is 17.9 Å². The van der Waals surface area contributed by atoms with Crippen molar-refractivity contribution in [3.63, 3.8) is 0 Å². The Morgan fingerprint density at radius 2 is 1.78 bits per heavy atom. The molecule has 0 saturated carbocycles. The van der Waals surface area contributed by atoms with E-state index in [0.717, 1.165) is 16.8 Å². The molecule has 3 aromatic rings. The molecule has 0 N–H and O–H groups in total. The maximum Gasteiger partial charge on any atom is 0.263 e. The van der Waals surface area contributed by atoms with Gasteiger partial charge in [0.1, 0.15) is 5.56 Å². The van der Waals surface area contributed by atoms with Crippen LogP contribution in [0.1, 0.15) is 22.8 Å². The summed E-state index contributed by atoms with van der Waals surface area (Å²) in [6, 6.07) is 17.4. The third-order valence-corrected chi connectivity index (χ3v) is 3.74. The van der Waals surface area contributed by atoms with Gasteiger partial charge in [0, 0.05) is 17.8 Å². The van der Waals surface area contributed by atoms with Crippen LogP contribution >= 0.6 is 0 Å². The van der Waals surface area contributed by atoms with Crippen LogP contribution in [0.4, 0.5) is 5.69 Å². The highest BCUT2D eigenvalue weighted by Gasteiger charge is 2.23. The Hall–Kier alpha value is -2.88. The van der Waals surface area contributed by atoms with Crippen molar-refractivity contribution in [2.75, 3.05) is 11.4 Å². The summed E-state index contributed by atoms with van der Waals surface area (Å²) in [5.41, 5.74) is 3.33. The van der Waals surface area contributed by atoms with Gasteiger partial charge in [-0.1, -0.05) is 53.2 Å². The lowest BCUT2D eigenvalue weighted by molar-refractivity contribution is 0.0988. The fourth-order valence-electron chi connectivity index (χ4n) is 2.50. The Balaban J connectivity index is 1.97. The molecule has 1 amide bonds. The number of anilines is 1. The maximum atomic E-state index is 12.9. The number of nitrogens with zero attached hydrogens (tertiary/aromatic N) is 2. The number of benzene rings is 2. The largest absolute Gasteiger partial charge is 0.355 e. The van der Waals surface area contributed by atoms with E-state index < -0.39 is 0 Å². The van der Waals surface area contributed by atoms with Crippen LogP contribution in [0.3, 0.4) is 0 Å². The molecule has 0 radical (unpaired) electrons. The van der Waals surface area contributed by atoms with Gasteiger partial charge in [0.25, 0.3) is 5.91 Å². The summed E-state index contributed by atoms with van der Waals surface area (Å²) in [7, 11) is 0. The lowest BCUT2D eigenvalue weighted by Crippen LogP contribution is -2.30. The van der Waals surface area contributed by atoms with Crippen molar-refractivity contribution < 1.29 is 9.32 Å². The van der Waals surface area contributed by atoms with Crippen molar-refractivity contribution in [3.8, 4) is 11.3 Å². The van der Waals surface area contributed by atoms with Gasteiger partial charge in [0.15, 0.2) is 5.76 Å². The molecule has 0 aliphatic heterocycles. The quantitative estimate of drug-likeness (QED) is 0.721. The molecular formula is C19H18N2O2. The second kappa shape index (κ2) is 6.48. The Labute approximate surface area is 135 Å². The number of rotatable bonds is 4. The van der Waals surface area contributed by atoms with Crippen molar-refractivity contribution in [1.29, 1.82) is 0 Å². The molecule has 0 fully saturated rings. The molecule has 4 nitrogen and oxygen atoms in total. The molecule has 0 bridgehead atoms. The molecule has 3 rings (SSSR count). The van der Waals surface area contributed by atoms with Crippen LogP contribution in [-0.4, -0.2) is 17.6 Å². The van der Waals surface area contributed by atoms with E-state index >= 15 is 0 Å². The molecule has 0 atom stereocenters. The molecule has 0 spiro atoms. The molecule has 0 aliphatic carbocycles. The van der Waals surface area contributed by atoms with Gasteiger partial charge in [-0.2, -0.15) is 0 Å². The lowest BCUT2D eigenvalue weighted by atomic mass is 10.1. The number of hydrogen-bond acceptors (Lipinski definition) is 3. The first-order chi connectivity index (χ1) is 11.2. The van der Waals surface area contributed by atoms with Gasteiger partial charge < -0.3 is 9.42 Å². The number of para-hydroxylation sites is 1. The first-order valence-corrected chi connectivity index (χ1v) is 7.59. The number of aromatic nitrogens is 1. The average Bonchev–Trinajstić information content (AvgIpc) is 3.07. The smallest absolute Gasteiger partial charge is 0.263 e. The number of amides is 1. The molecule has 0 aliphatic rings. The number of carbonyl (C=O) groups is 1. The van der Waals surface area contributed by atoms with E-state index in [2.05, 4.69) is 5.16 Å². The molecule has 2 aromatic carbocycles. The van der Waals surface area contributed by atoms with E-state index in [4.69, 9.17) is 4.52 Å². The van der Waals surface area contributed by atoms with Crippen LogP contribution < -0.4 is 4.90 Å². The summed E-state index contributed by atoms with van der Waals surface area (Å²) in [5, 5.41) is 3.83. The van der Waals surface area contributed by atoms with Crippen LogP contribution in [0.15, 0.2) is 65.3 Å². The fourth-order valence-corrected chi connectivity index (χ4v) is 2.50. The fraction of sp³-hybridized carbons (Fsp3) is 0.158. The zero-order valence-electron chi connectivity index (χ0n) is 13.2. The van der Waals surface area contributed by atoms with Gasteiger partial charge in [0.05, 0.1) is 6.20 Å². The second-order valence-electron chi connectivity index (χ2n) is 5.32. The van der Waals surface area contributed by atoms with Crippen LogP contribution in [0.2, 0.25) is 0 Å². The van der Waals surface area contributed by atoms with Gasteiger partial charge in [-0.3, -0.25) is 4.79 Å². The van der Waals surface area contributed by atoms with E-state index in [1.807, 2.05) is 68.4 Å². The number of aryl methyl sites for hydroxylation is 1. The highest BCUT2D eigenvalue weighted by Crippen LogP contribution is 2.26. The average molecular weight is 306 g/mol. The Kier molecular flexibility index (Phi) is 4.24. The van der Waals surface area contributed by atoms with Crippen molar-refractivity contribution in [2.24, 2.45) is 0 Å². The van der Waals surface area contributed by atoms with Crippen LogP contribution in [-0.2, 0) is 0 Å². The van der Waals surface area contributed by atoms with Gasteiger partial charge in [-0.25, -0.2) is 0 Å². The summed E-state index contributed by atoms with van der Waals surface area (Å²) in [4.78, 5) is 14.6. The Morgan fingerprint density at radius 1 is 1.09 bits per heavy atom. The molecule has 0 saturated heterocycles. The van der Waals surface area contributed by atoms with Crippen molar-refractivity contribution in [2.45, 2.75) is 13.8 Å². The third-order valence-electron chi connectivity index (χ3n) is 3.74. The normalized spacial score (nSPS) is 10.5. The Morgan fingerprint density at radius 3 is 2.43 bits per heavy atom. The zero-order chi connectivity index (χ0) is 16.2. The van der Waals surface area contributed by atoms with E-state index in [1.54, 1.807) is 4.90 Å². The highest BCUT2D eigenvalue weighted by atomic mass is 16.5. The molecule has 116 valence electrons. The second-order valence-corrected chi connectivity index (χ2v) is 5.32. The van der Waals surface area contributed by atoms with Gasteiger partial charge in [-0.15, -0.1) is 0 Å². The third kappa shape index (κ3) is 3.01.